The van der Waals surface area contributed by atoms with E-state index >= 15 is 0 Å². The van der Waals surface area contributed by atoms with Crippen molar-refractivity contribution in [1.29, 1.82) is 5.26 Å². The van der Waals surface area contributed by atoms with Crippen molar-refractivity contribution in [3.8, 4) is 11.8 Å². The van der Waals surface area contributed by atoms with Gasteiger partial charge in [0.15, 0.2) is 6.61 Å². The number of aryl methyl sites for hydroxylation is 2. The highest BCUT2D eigenvalue weighted by Gasteiger charge is 2.07. The second kappa shape index (κ2) is 6.43. The van der Waals surface area contributed by atoms with Crippen LogP contribution < -0.4 is 10.1 Å². The van der Waals surface area contributed by atoms with Gasteiger partial charge in [-0.3, -0.25) is 10.1 Å². The van der Waals surface area contributed by atoms with Crippen LogP contribution in [0, 0.1) is 25.2 Å². The van der Waals surface area contributed by atoms with Gasteiger partial charge in [-0.1, -0.05) is 0 Å². The predicted molar refractivity (Wildman–Crippen MR) is 74.6 cm³/mol. The third-order valence-corrected chi connectivity index (χ3v) is 2.70. The normalized spacial score (nSPS) is 9.76. The lowest BCUT2D eigenvalue weighted by molar-refractivity contribution is -0.118. The van der Waals surface area contributed by atoms with Crippen molar-refractivity contribution in [3.05, 3.63) is 41.2 Å². The Balaban J connectivity index is 1.89. The van der Waals surface area contributed by atoms with E-state index in [2.05, 4.69) is 20.5 Å². The standard InChI is InChI=1S/C14H13N5O2/c1-9-10(2)18-19-14(16-9)17-13(20)8-21-12-5-3-11(7-15)4-6-12/h3-6H,8H2,1-2H3,(H,16,17,19,20). The minimum atomic E-state index is -0.385. The quantitative estimate of drug-likeness (QED) is 0.909. The molecule has 0 aliphatic carbocycles. The number of aromatic nitrogens is 3. The molecule has 0 saturated heterocycles. The molecule has 0 aliphatic heterocycles. The molecule has 0 spiro atoms. The van der Waals surface area contributed by atoms with Crippen LogP contribution in [-0.4, -0.2) is 27.7 Å². The van der Waals surface area contributed by atoms with Crippen LogP contribution in [0.3, 0.4) is 0 Å². The molecule has 0 aliphatic rings. The van der Waals surface area contributed by atoms with Crippen LogP contribution in [0.2, 0.25) is 0 Å². The predicted octanol–water partition coefficient (Wildman–Crippen LogP) is 1.38. The summed E-state index contributed by atoms with van der Waals surface area (Å²) in [6, 6.07) is 8.48. The van der Waals surface area contributed by atoms with Crippen LogP contribution in [0.5, 0.6) is 5.75 Å². The summed E-state index contributed by atoms with van der Waals surface area (Å²) in [6.07, 6.45) is 0. The third kappa shape index (κ3) is 3.98. The van der Waals surface area contributed by atoms with Crippen molar-refractivity contribution in [2.75, 3.05) is 11.9 Å². The molecular weight excluding hydrogens is 270 g/mol. The Kier molecular flexibility index (Phi) is 4.41. The molecule has 0 bridgehead atoms. The van der Waals surface area contributed by atoms with Crippen molar-refractivity contribution in [2.24, 2.45) is 0 Å². The molecule has 106 valence electrons. The first kappa shape index (κ1) is 14.4. The Morgan fingerprint density at radius 2 is 1.95 bits per heavy atom. The number of benzene rings is 1. The van der Waals surface area contributed by atoms with E-state index in [9.17, 15) is 4.79 Å². The van der Waals surface area contributed by atoms with E-state index in [0.29, 0.717) is 22.7 Å². The molecule has 2 aromatic rings. The number of carbonyl (C=O) groups excluding carboxylic acids is 1. The summed E-state index contributed by atoms with van der Waals surface area (Å²) in [7, 11) is 0. The van der Waals surface area contributed by atoms with Crippen LogP contribution in [0.4, 0.5) is 5.95 Å². The van der Waals surface area contributed by atoms with Crippen LogP contribution in [0.25, 0.3) is 0 Å². The minimum absolute atomic E-state index is 0.145. The SMILES string of the molecule is Cc1nnc(NC(=O)COc2ccc(C#N)cc2)nc1C. The lowest BCUT2D eigenvalue weighted by Gasteiger charge is -2.07. The molecule has 2 rings (SSSR count). The first-order valence-corrected chi connectivity index (χ1v) is 6.19. The Morgan fingerprint density at radius 3 is 2.57 bits per heavy atom. The van der Waals surface area contributed by atoms with E-state index < -0.39 is 0 Å². The minimum Gasteiger partial charge on any atom is -0.484 e. The van der Waals surface area contributed by atoms with Gasteiger partial charge in [-0.2, -0.15) is 10.4 Å². The van der Waals surface area contributed by atoms with Crippen LogP contribution in [0.1, 0.15) is 17.0 Å². The highest BCUT2D eigenvalue weighted by Crippen LogP contribution is 2.11. The fraction of sp³-hybridized carbons (Fsp3) is 0.214. The topological polar surface area (TPSA) is 101 Å². The number of nitrogens with zero attached hydrogens (tertiary/aromatic N) is 4. The average molecular weight is 283 g/mol. The monoisotopic (exact) mass is 283 g/mol. The molecule has 7 heteroatoms. The van der Waals surface area contributed by atoms with Crippen molar-refractivity contribution < 1.29 is 9.53 Å². The van der Waals surface area contributed by atoms with Crippen molar-refractivity contribution in [3.63, 3.8) is 0 Å². The lowest BCUT2D eigenvalue weighted by Crippen LogP contribution is -2.22. The van der Waals surface area contributed by atoms with Gasteiger partial charge in [-0.25, -0.2) is 4.98 Å². The number of rotatable bonds is 4. The van der Waals surface area contributed by atoms with E-state index in [1.54, 1.807) is 38.1 Å². The maximum atomic E-state index is 11.7. The van der Waals surface area contributed by atoms with Gasteiger partial charge < -0.3 is 4.74 Å². The molecular formula is C14H13N5O2. The molecule has 0 radical (unpaired) electrons. The zero-order valence-electron chi connectivity index (χ0n) is 11.6. The van der Waals surface area contributed by atoms with Gasteiger partial charge in [0.1, 0.15) is 5.75 Å². The molecule has 1 N–H and O–H groups in total. The number of anilines is 1. The Hall–Kier alpha value is -3.01. The summed E-state index contributed by atoms with van der Waals surface area (Å²) in [5, 5.41) is 18.8. The zero-order valence-corrected chi connectivity index (χ0v) is 11.6. The van der Waals surface area contributed by atoms with Gasteiger partial charge in [-0.05, 0) is 38.1 Å². The van der Waals surface area contributed by atoms with Crippen LogP contribution >= 0.6 is 0 Å². The summed E-state index contributed by atoms with van der Waals surface area (Å²) < 4.78 is 5.30. The highest BCUT2D eigenvalue weighted by atomic mass is 16.5. The maximum Gasteiger partial charge on any atom is 0.264 e. The molecule has 21 heavy (non-hydrogen) atoms. The highest BCUT2D eigenvalue weighted by molar-refractivity contribution is 5.90. The Bertz CT molecular complexity index is 692. The molecule has 0 unspecified atom stereocenters. The van der Waals surface area contributed by atoms with Crippen LogP contribution in [0.15, 0.2) is 24.3 Å². The van der Waals surface area contributed by atoms with Gasteiger partial charge in [0.05, 0.1) is 23.0 Å². The maximum absolute atomic E-state index is 11.7. The molecule has 7 nitrogen and oxygen atoms in total. The van der Waals surface area contributed by atoms with E-state index in [1.165, 1.54) is 0 Å². The number of hydrogen-bond donors (Lipinski definition) is 1. The van der Waals surface area contributed by atoms with Gasteiger partial charge in [-0.15, -0.1) is 5.10 Å². The van der Waals surface area contributed by atoms with Gasteiger partial charge in [0.25, 0.3) is 5.91 Å². The number of nitriles is 1. The van der Waals surface area contributed by atoms with Crippen molar-refractivity contribution in [2.45, 2.75) is 13.8 Å². The summed E-state index contributed by atoms with van der Waals surface area (Å²) in [6.45, 7) is 3.39. The van der Waals surface area contributed by atoms with E-state index in [-0.39, 0.29) is 18.5 Å². The molecule has 0 fully saturated rings. The third-order valence-electron chi connectivity index (χ3n) is 2.70. The fourth-order valence-electron chi connectivity index (χ4n) is 1.45. The first-order chi connectivity index (χ1) is 10.1. The van der Waals surface area contributed by atoms with E-state index in [1.807, 2.05) is 6.07 Å². The summed E-state index contributed by atoms with van der Waals surface area (Å²) in [5.74, 6) is 0.263. The zero-order chi connectivity index (χ0) is 15.2. The fourth-order valence-corrected chi connectivity index (χ4v) is 1.45. The Morgan fingerprint density at radius 1 is 1.24 bits per heavy atom. The summed E-state index contributed by atoms with van der Waals surface area (Å²) in [5.41, 5.74) is 1.94. The number of hydrogen-bond acceptors (Lipinski definition) is 6. The smallest absolute Gasteiger partial charge is 0.264 e. The summed E-state index contributed by atoms with van der Waals surface area (Å²) in [4.78, 5) is 15.8. The second-order valence-electron chi connectivity index (χ2n) is 4.28. The second-order valence-corrected chi connectivity index (χ2v) is 4.28. The number of carbonyl (C=O) groups is 1. The number of nitrogens with one attached hydrogen (secondary N) is 1. The Labute approximate surface area is 121 Å². The average Bonchev–Trinajstić information content (AvgIpc) is 2.49. The first-order valence-electron chi connectivity index (χ1n) is 6.19. The van der Waals surface area contributed by atoms with E-state index in [0.717, 1.165) is 0 Å². The lowest BCUT2D eigenvalue weighted by atomic mass is 10.2. The van der Waals surface area contributed by atoms with Gasteiger partial charge in [0.2, 0.25) is 5.95 Å². The number of ether oxygens (including phenoxy) is 1. The molecule has 1 aromatic heterocycles. The largest absolute Gasteiger partial charge is 0.484 e. The van der Waals surface area contributed by atoms with Crippen molar-refractivity contribution >= 4 is 11.9 Å². The van der Waals surface area contributed by atoms with Crippen LogP contribution in [-0.2, 0) is 4.79 Å². The molecule has 1 heterocycles. The molecule has 0 atom stereocenters. The van der Waals surface area contributed by atoms with E-state index in [4.69, 9.17) is 10.00 Å². The molecule has 1 aromatic carbocycles. The van der Waals surface area contributed by atoms with Gasteiger partial charge >= 0.3 is 0 Å². The molecule has 0 saturated carbocycles. The van der Waals surface area contributed by atoms with Gasteiger partial charge in [0, 0.05) is 0 Å². The number of amides is 1. The molecule has 1 amide bonds. The van der Waals surface area contributed by atoms with Crippen molar-refractivity contribution in [1.82, 2.24) is 15.2 Å². The summed E-state index contributed by atoms with van der Waals surface area (Å²) >= 11 is 0.